The molecule has 2 N–H and O–H groups in total. The summed E-state index contributed by atoms with van der Waals surface area (Å²) in [5.74, 6) is -1.00. The molecule has 2 heterocycles. The molecule has 0 fully saturated rings. The van der Waals surface area contributed by atoms with E-state index in [0.717, 1.165) is 38.5 Å². The van der Waals surface area contributed by atoms with E-state index in [4.69, 9.17) is 24.7 Å². The minimum atomic E-state index is -1.12. The van der Waals surface area contributed by atoms with Crippen molar-refractivity contribution >= 4 is 11.4 Å². The number of hydrogen-bond acceptors (Lipinski definition) is 11. The zero-order valence-electron chi connectivity index (χ0n) is 36.9. The largest absolute Gasteiger partial charge is 0.485 e. The molecule has 0 aliphatic carbocycles. The molecule has 8 rings (SSSR count). The van der Waals surface area contributed by atoms with E-state index < -0.39 is 50.4 Å². The van der Waals surface area contributed by atoms with Gasteiger partial charge in [-0.2, -0.15) is 0 Å². The second-order valence-corrected chi connectivity index (χ2v) is 15.1. The number of halogens is 2. The summed E-state index contributed by atoms with van der Waals surface area (Å²) in [6.07, 6.45) is 0. The van der Waals surface area contributed by atoms with Crippen LogP contribution in [0.1, 0.15) is 22.5 Å². The Morgan fingerprint density at radius 3 is 1.35 bits per heavy atom. The van der Waals surface area contributed by atoms with Crippen LogP contribution in [0.3, 0.4) is 0 Å². The van der Waals surface area contributed by atoms with Crippen molar-refractivity contribution in [3.05, 3.63) is 232 Å². The van der Waals surface area contributed by atoms with E-state index in [1.807, 2.05) is 60.7 Å². The Balaban J connectivity index is 0.000000202. The maximum atomic E-state index is 14.9. The molecule has 2 aromatic heterocycles. The summed E-state index contributed by atoms with van der Waals surface area (Å²) in [6, 6.07) is 38.7. The van der Waals surface area contributed by atoms with Gasteiger partial charge in [0, 0.05) is 55.8 Å². The van der Waals surface area contributed by atoms with Crippen molar-refractivity contribution in [2.45, 2.75) is 27.1 Å². The molecule has 0 atom stereocenters. The smallest absolute Gasteiger partial charge is 0.335 e. The van der Waals surface area contributed by atoms with Gasteiger partial charge in [0.25, 0.3) is 11.1 Å². The van der Waals surface area contributed by atoms with E-state index in [0.29, 0.717) is 45.9 Å². The molecular formula is C50H42F2N6O10. The molecule has 0 amide bonds. The number of nitro benzene ring substituents is 1. The fourth-order valence-electron chi connectivity index (χ4n) is 6.67. The number of nitrogens with zero attached hydrogens (tertiary/aromatic N) is 5. The number of benzene rings is 6. The first-order valence-electron chi connectivity index (χ1n) is 20.7. The van der Waals surface area contributed by atoms with Crippen LogP contribution in [-0.4, -0.2) is 23.2 Å². The van der Waals surface area contributed by atoms with Crippen molar-refractivity contribution in [1.29, 1.82) is 0 Å². The predicted molar refractivity (Wildman–Crippen MR) is 250 cm³/mol. The third-order valence-corrected chi connectivity index (χ3v) is 10.5. The van der Waals surface area contributed by atoms with Crippen LogP contribution in [0.25, 0.3) is 11.4 Å². The van der Waals surface area contributed by atoms with E-state index >= 15 is 0 Å². The Morgan fingerprint density at radius 1 is 0.529 bits per heavy atom. The lowest BCUT2D eigenvalue weighted by molar-refractivity contribution is -0.385. The normalized spacial score (nSPS) is 10.7. The number of nitrogen functional groups attached to an aromatic ring is 1. The van der Waals surface area contributed by atoms with Gasteiger partial charge in [-0.05, 0) is 49.2 Å². The number of aromatic nitrogens is 4. The van der Waals surface area contributed by atoms with Crippen molar-refractivity contribution in [1.82, 2.24) is 18.3 Å². The van der Waals surface area contributed by atoms with Gasteiger partial charge in [0.05, 0.1) is 28.1 Å². The highest BCUT2D eigenvalue weighted by molar-refractivity contribution is 5.61. The summed E-state index contributed by atoms with van der Waals surface area (Å²) in [4.78, 5) is 61.2. The molecule has 0 saturated carbocycles. The van der Waals surface area contributed by atoms with Gasteiger partial charge in [-0.3, -0.25) is 19.7 Å². The molecule has 8 aromatic rings. The standard InChI is InChI=1S/C25H20FN3O6.C25H22FN3O4/c1-16-12-24(30)28(25(31)27(16)2)19-14-23(20(29(32)33)13-18(19)26)35-22-11-7-6-10-21(22)34-15-17-8-4-3-5-9-17;1-16-12-24(30)29(25(31)28(16)2)20-14-23(19(27)13-18(20)26)33-22-11-7-6-10-21(22)32-15-17-8-4-3-5-9-17/h3-14H,15H2,1-2H3;3-14H,15,27H2,1-2H3. The van der Waals surface area contributed by atoms with Gasteiger partial charge in [0.2, 0.25) is 5.75 Å². The fraction of sp³-hybridized carbons (Fsp3) is 0.120. The lowest BCUT2D eigenvalue weighted by Gasteiger charge is -2.16. The van der Waals surface area contributed by atoms with Gasteiger partial charge >= 0.3 is 17.1 Å². The van der Waals surface area contributed by atoms with Crippen LogP contribution >= 0.6 is 0 Å². The second-order valence-electron chi connectivity index (χ2n) is 15.1. The van der Waals surface area contributed by atoms with Gasteiger partial charge in [-0.15, -0.1) is 0 Å². The van der Waals surface area contributed by atoms with Crippen LogP contribution in [0.4, 0.5) is 20.2 Å². The third-order valence-electron chi connectivity index (χ3n) is 10.5. The molecule has 6 aromatic carbocycles. The highest BCUT2D eigenvalue weighted by atomic mass is 19.1. The van der Waals surface area contributed by atoms with E-state index in [-0.39, 0.29) is 35.2 Å². The van der Waals surface area contributed by atoms with Crippen molar-refractivity contribution in [3.8, 4) is 45.9 Å². The Kier molecular flexibility index (Phi) is 14.1. The summed E-state index contributed by atoms with van der Waals surface area (Å²) in [5, 5.41) is 11.6. The van der Waals surface area contributed by atoms with Crippen molar-refractivity contribution in [3.63, 3.8) is 0 Å². The lowest BCUT2D eigenvalue weighted by Crippen LogP contribution is -2.38. The molecule has 0 aliphatic heterocycles. The number of nitro groups is 1. The van der Waals surface area contributed by atoms with E-state index in [1.165, 1.54) is 36.9 Å². The van der Waals surface area contributed by atoms with Gasteiger partial charge in [0.1, 0.15) is 19.0 Å². The van der Waals surface area contributed by atoms with Crippen molar-refractivity contribution < 1.29 is 32.7 Å². The van der Waals surface area contributed by atoms with E-state index in [9.17, 15) is 38.1 Å². The van der Waals surface area contributed by atoms with Crippen molar-refractivity contribution in [2.24, 2.45) is 14.1 Å². The fourth-order valence-corrected chi connectivity index (χ4v) is 6.67. The maximum Gasteiger partial charge on any atom is 0.335 e. The number of anilines is 1. The Hall–Kier alpha value is -9.06. The Bertz CT molecular complexity index is 3410. The number of para-hydroxylation sites is 4. The van der Waals surface area contributed by atoms with Crippen LogP contribution in [0, 0.1) is 35.6 Å². The summed E-state index contributed by atoms with van der Waals surface area (Å²) in [5.41, 5.74) is 4.36. The minimum Gasteiger partial charge on any atom is -0.485 e. The molecule has 0 bridgehead atoms. The molecule has 0 spiro atoms. The third kappa shape index (κ3) is 10.4. The van der Waals surface area contributed by atoms with E-state index in [2.05, 4.69) is 0 Å². The highest BCUT2D eigenvalue weighted by Gasteiger charge is 2.25. The quantitative estimate of drug-likeness (QED) is 0.0666. The summed E-state index contributed by atoms with van der Waals surface area (Å²) in [7, 11) is 2.93. The second kappa shape index (κ2) is 20.4. The number of ether oxygens (including phenoxy) is 4. The van der Waals surface area contributed by atoms with Crippen LogP contribution in [0.15, 0.2) is 165 Å². The topological polar surface area (TPSA) is 194 Å². The predicted octanol–water partition coefficient (Wildman–Crippen LogP) is 8.20. The average molecular weight is 925 g/mol. The molecule has 346 valence electrons. The van der Waals surface area contributed by atoms with Crippen LogP contribution < -0.4 is 47.2 Å². The Labute approximate surface area is 385 Å². The molecule has 0 radical (unpaired) electrons. The minimum absolute atomic E-state index is 0.00565. The molecule has 68 heavy (non-hydrogen) atoms. The van der Waals surface area contributed by atoms with Crippen molar-refractivity contribution in [2.75, 3.05) is 5.73 Å². The molecule has 0 saturated heterocycles. The molecule has 0 aliphatic rings. The molecular weight excluding hydrogens is 883 g/mol. The van der Waals surface area contributed by atoms with Gasteiger partial charge in [-0.1, -0.05) is 84.9 Å². The lowest BCUT2D eigenvalue weighted by atomic mass is 10.2. The first-order chi connectivity index (χ1) is 32.6. The first-order valence-corrected chi connectivity index (χ1v) is 20.7. The maximum absolute atomic E-state index is 14.9. The van der Waals surface area contributed by atoms with E-state index in [1.54, 1.807) is 56.3 Å². The van der Waals surface area contributed by atoms with Crippen LogP contribution in [-0.2, 0) is 27.3 Å². The monoisotopic (exact) mass is 924 g/mol. The number of rotatable bonds is 13. The summed E-state index contributed by atoms with van der Waals surface area (Å²) in [6.45, 7) is 3.71. The van der Waals surface area contributed by atoms with Gasteiger partial charge in [-0.25, -0.2) is 27.5 Å². The number of aryl methyl sites for hydroxylation is 2. The van der Waals surface area contributed by atoms with Gasteiger partial charge in [0.15, 0.2) is 34.6 Å². The van der Waals surface area contributed by atoms with Gasteiger partial charge < -0.3 is 33.8 Å². The zero-order chi connectivity index (χ0) is 48.6. The molecule has 16 nitrogen and oxygen atoms in total. The zero-order valence-corrected chi connectivity index (χ0v) is 36.9. The number of nitrogens with two attached hydrogens (primary N) is 1. The SMILES string of the molecule is Cc1cc(=O)n(-c2cc(Oc3ccccc3OCc3ccccc3)c(N)cc2F)c(=O)n1C.Cc1cc(=O)n(-c2cc(Oc3ccccc3OCc3ccccc3)c([N+](=O)[O-])cc2F)c(=O)n1C. The molecule has 0 unspecified atom stereocenters. The number of hydrogen-bond donors (Lipinski definition) is 1. The molecule has 18 heteroatoms. The summed E-state index contributed by atoms with van der Waals surface area (Å²) >= 11 is 0. The highest BCUT2D eigenvalue weighted by Crippen LogP contribution is 2.39. The van der Waals surface area contributed by atoms with Crippen LogP contribution in [0.5, 0.6) is 34.5 Å². The Morgan fingerprint density at radius 2 is 0.912 bits per heavy atom. The van der Waals surface area contributed by atoms with Crippen LogP contribution in [0.2, 0.25) is 0 Å². The summed E-state index contributed by atoms with van der Waals surface area (Å²) < 4.78 is 56.9. The average Bonchev–Trinajstić information content (AvgIpc) is 3.32. The first kappa shape index (κ1) is 46.9.